The van der Waals surface area contributed by atoms with Gasteiger partial charge in [-0.2, -0.15) is 0 Å². The van der Waals surface area contributed by atoms with E-state index in [-0.39, 0.29) is 0 Å². The van der Waals surface area contributed by atoms with E-state index in [0.29, 0.717) is 18.9 Å². The molecule has 2 aromatic carbocycles. The lowest BCUT2D eigenvalue weighted by molar-refractivity contribution is -0.107. The van der Waals surface area contributed by atoms with E-state index in [2.05, 4.69) is 0 Å². The van der Waals surface area contributed by atoms with Crippen LogP contribution >= 0.6 is 0 Å². The molecule has 3 rings (SSSR count). The van der Waals surface area contributed by atoms with Gasteiger partial charge >= 0.3 is 0 Å². The van der Waals surface area contributed by atoms with Crippen molar-refractivity contribution in [2.45, 2.75) is 25.9 Å². The zero-order valence-electron chi connectivity index (χ0n) is 12.5. The first-order valence-electron chi connectivity index (χ1n) is 7.72. The summed E-state index contributed by atoms with van der Waals surface area (Å²) in [6.45, 7) is 1.22. The molecule has 2 aromatic rings. The van der Waals surface area contributed by atoms with E-state index in [4.69, 9.17) is 9.47 Å². The SMILES string of the molecule is O=CCc1c(OCc2ccccc2)cccc1OCC1CC1. The van der Waals surface area contributed by atoms with Gasteiger partial charge < -0.3 is 14.3 Å². The van der Waals surface area contributed by atoms with Crippen molar-refractivity contribution in [3.05, 3.63) is 59.7 Å². The van der Waals surface area contributed by atoms with Crippen LogP contribution in [-0.4, -0.2) is 12.9 Å². The molecular weight excluding hydrogens is 276 g/mol. The molecule has 3 heteroatoms. The van der Waals surface area contributed by atoms with Crippen molar-refractivity contribution in [2.75, 3.05) is 6.61 Å². The molecule has 1 aliphatic carbocycles. The lowest BCUT2D eigenvalue weighted by Gasteiger charge is -2.15. The molecule has 22 heavy (non-hydrogen) atoms. The zero-order chi connectivity index (χ0) is 15.2. The zero-order valence-corrected chi connectivity index (χ0v) is 12.5. The first-order valence-corrected chi connectivity index (χ1v) is 7.72. The van der Waals surface area contributed by atoms with Gasteiger partial charge in [0.1, 0.15) is 24.4 Å². The van der Waals surface area contributed by atoms with Crippen LogP contribution in [0.2, 0.25) is 0 Å². The van der Waals surface area contributed by atoms with Crippen LogP contribution in [0, 0.1) is 5.92 Å². The second kappa shape index (κ2) is 7.12. The molecule has 0 amide bonds. The average Bonchev–Trinajstić information content (AvgIpc) is 3.38. The molecule has 3 nitrogen and oxygen atoms in total. The number of hydrogen-bond acceptors (Lipinski definition) is 3. The minimum atomic E-state index is 0.310. The van der Waals surface area contributed by atoms with E-state index >= 15 is 0 Å². The summed E-state index contributed by atoms with van der Waals surface area (Å²) >= 11 is 0. The largest absolute Gasteiger partial charge is 0.493 e. The van der Waals surface area contributed by atoms with E-state index in [1.54, 1.807) is 0 Å². The number of rotatable bonds is 8. The summed E-state index contributed by atoms with van der Waals surface area (Å²) in [5.41, 5.74) is 1.94. The fourth-order valence-electron chi connectivity index (χ4n) is 2.33. The number of benzene rings is 2. The minimum absolute atomic E-state index is 0.310. The van der Waals surface area contributed by atoms with Gasteiger partial charge in [-0.15, -0.1) is 0 Å². The van der Waals surface area contributed by atoms with E-state index in [9.17, 15) is 4.79 Å². The Morgan fingerprint density at radius 3 is 2.36 bits per heavy atom. The van der Waals surface area contributed by atoms with E-state index in [1.165, 1.54) is 12.8 Å². The van der Waals surface area contributed by atoms with Crippen LogP contribution in [0.3, 0.4) is 0 Å². The Hall–Kier alpha value is -2.29. The van der Waals surface area contributed by atoms with Gasteiger partial charge in [0.25, 0.3) is 0 Å². The standard InChI is InChI=1S/C19H20O3/c20-12-11-17-18(21-13-15-5-2-1-3-6-15)7-4-8-19(17)22-14-16-9-10-16/h1-8,12,16H,9-11,13-14H2. The molecule has 1 saturated carbocycles. The van der Waals surface area contributed by atoms with Gasteiger partial charge in [0.15, 0.2) is 0 Å². The Bertz CT molecular complexity index is 618. The predicted octanol–water partition coefficient (Wildman–Crippen LogP) is 3.80. The molecule has 0 unspecified atom stereocenters. The van der Waals surface area contributed by atoms with Crippen molar-refractivity contribution in [2.24, 2.45) is 5.92 Å². The van der Waals surface area contributed by atoms with Crippen molar-refractivity contribution in [3.8, 4) is 11.5 Å². The number of aldehydes is 1. The quantitative estimate of drug-likeness (QED) is 0.695. The third-order valence-corrected chi connectivity index (χ3v) is 3.79. The normalized spacial score (nSPS) is 13.6. The van der Waals surface area contributed by atoms with E-state index in [1.807, 2.05) is 48.5 Å². The highest BCUT2D eigenvalue weighted by atomic mass is 16.5. The molecule has 114 valence electrons. The number of hydrogen-bond donors (Lipinski definition) is 0. The average molecular weight is 296 g/mol. The number of ether oxygens (including phenoxy) is 2. The fourth-order valence-corrected chi connectivity index (χ4v) is 2.33. The number of carbonyl (C=O) groups excluding carboxylic acids is 1. The molecule has 0 aliphatic heterocycles. The summed E-state index contributed by atoms with van der Waals surface area (Å²) in [6.07, 6.45) is 3.69. The predicted molar refractivity (Wildman–Crippen MR) is 85.2 cm³/mol. The maximum Gasteiger partial charge on any atom is 0.127 e. The van der Waals surface area contributed by atoms with Crippen LogP contribution in [-0.2, 0) is 17.8 Å². The minimum Gasteiger partial charge on any atom is -0.493 e. The maximum atomic E-state index is 11.0. The lowest BCUT2D eigenvalue weighted by atomic mass is 10.1. The summed E-state index contributed by atoms with van der Waals surface area (Å²) in [4.78, 5) is 11.0. The van der Waals surface area contributed by atoms with Crippen LogP contribution in [0.1, 0.15) is 24.0 Å². The summed E-state index contributed by atoms with van der Waals surface area (Å²) in [5.74, 6) is 2.17. The fraction of sp³-hybridized carbons (Fsp3) is 0.316. The second-order valence-corrected chi connectivity index (χ2v) is 5.63. The molecule has 0 atom stereocenters. The van der Waals surface area contributed by atoms with Crippen LogP contribution < -0.4 is 9.47 Å². The van der Waals surface area contributed by atoms with Crippen LogP contribution in [0.25, 0.3) is 0 Å². The third-order valence-electron chi connectivity index (χ3n) is 3.79. The van der Waals surface area contributed by atoms with Crippen molar-refractivity contribution >= 4 is 6.29 Å². The topological polar surface area (TPSA) is 35.5 Å². The molecule has 0 heterocycles. The highest BCUT2D eigenvalue weighted by molar-refractivity contribution is 5.61. The van der Waals surface area contributed by atoms with Crippen molar-refractivity contribution in [1.82, 2.24) is 0 Å². The van der Waals surface area contributed by atoms with Gasteiger partial charge in [-0.1, -0.05) is 36.4 Å². The molecule has 0 N–H and O–H groups in total. The van der Waals surface area contributed by atoms with E-state index < -0.39 is 0 Å². The highest BCUT2D eigenvalue weighted by Gasteiger charge is 2.22. The van der Waals surface area contributed by atoms with Gasteiger partial charge in [0.2, 0.25) is 0 Å². The Labute approximate surface area is 130 Å². The Kier molecular flexibility index (Phi) is 4.74. The molecule has 0 saturated heterocycles. The van der Waals surface area contributed by atoms with Gasteiger partial charge in [0, 0.05) is 12.0 Å². The first-order chi connectivity index (χ1) is 10.9. The lowest BCUT2D eigenvalue weighted by Crippen LogP contribution is -2.05. The number of carbonyl (C=O) groups is 1. The molecule has 0 aromatic heterocycles. The van der Waals surface area contributed by atoms with Gasteiger partial charge in [0.05, 0.1) is 6.61 Å². The molecular formula is C19H20O3. The van der Waals surface area contributed by atoms with E-state index in [0.717, 1.165) is 35.5 Å². The Balaban J connectivity index is 1.73. The second-order valence-electron chi connectivity index (χ2n) is 5.63. The summed E-state index contributed by atoms with van der Waals surface area (Å²) < 4.78 is 11.8. The summed E-state index contributed by atoms with van der Waals surface area (Å²) in [5, 5.41) is 0. The molecule has 1 aliphatic rings. The van der Waals surface area contributed by atoms with Crippen LogP contribution in [0.4, 0.5) is 0 Å². The van der Waals surface area contributed by atoms with Crippen molar-refractivity contribution in [3.63, 3.8) is 0 Å². The molecule has 0 radical (unpaired) electrons. The molecule has 0 spiro atoms. The maximum absolute atomic E-state index is 11.0. The van der Waals surface area contributed by atoms with Crippen LogP contribution in [0.5, 0.6) is 11.5 Å². The monoisotopic (exact) mass is 296 g/mol. The van der Waals surface area contributed by atoms with Gasteiger partial charge in [-0.25, -0.2) is 0 Å². The van der Waals surface area contributed by atoms with Crippen molar-refractivity contribution in [1.29, 1.82) is 0 Å². The third kappa shape index (κ3) is 3.88. The first kappa shape index (κ1) is 14.6. The molecule has 0 bridgehead atoms. The molecule has 1 fully saturated rings. The summed E-state index contributed by atoms with van der Waals surface area (Å²) in [7, 11) is 0. The van der Waals surface area contributed by atoms with Gasteiger partial charge in [-0.05, 0) is 36.5 Å². The van der Waals surface area contributed by atoms with Crippen LogP contribution in [0.15, 0.2) is 48.5 Å². The highest BCUT2D eigenvalue weighted by Crippen LogP contribution is 2.33. The van der Waals surface area contributed by atoms with Crippen molar-refractivity contribution < 1.29 is 14.3 Å². The Morgan fingerprint density at radius 1 is 0.955 bits per heavy atom. The summed E-state index contributed by atoms with van der Waals surface area (Å²) in [6, 6.07) is 15.7. The van der Waals surface area contributed by atoms with Gasteiger partial charge in [-0.3, -0.25) is 0 Å². The smallest absolute Gasteiger partial charge is 0.127 e. The Morgan fingerprint density at radius 2 is 1.68 bits per heavy atom.